The molecule has 0 saturated heterocycles. The second kappa shape index (κ2) is 6.73. The van der Waals surface area contributed by atoms with Gasteiger partial charge in [-0.2, -0.15) is 0 Å². The molecule has 1 nitrogen and oxygen atoms in total. The van der Waals surface area contributed by atoms with E-state index in [1.54, 1.807) is 0 Å². The van der Waals surface area contributed by atoms with E-state index in [9.17, 15) is 0 Å². The van der Waals surface area contributed by atoms with Crippen LogP contribution in [-0.2, 0) is 13.5 Å². The molecule has 0 amide bonds. The first-order chi connectivity index (χ1) is 4.63. The molecule has 0 aromatic rings. The van der Waals surface area contributed by atoms with Gasteiger partial charge in [0.25, 0.3) is 0 Å². The fourth-order valence-corrected chi connectivity index (χ4v) is 2.20. The molecule has 10 heavy (non-hydrogen) atoms. The number of rotatable bonds is 4. The topological polar surface area (TPSA) is 3.24 Å². The van der Waals surface area contributed by atoms with Crippen molar-refractivity contribution in [1.82, 2.24) is 4.90 Å². The Balaban J connectivity index is 3.13. The van der Waals surface area contributed by atoms with Crippen LogP contribution in [0.2, 0.25) is 0 Å². The van der Waals surface area contributed by atoms with Crippen LogP contribution in [-0.4, -0.2) is 30.1 Å². The minimum atomic E-state index is -1.47. The van der Waals surface area contributed by atoms with Gasteiger partial charge >= 0.3 is 75.9 Å². The van der Waals surface area contributed by atoms with Crippen molar-refractivity contribution in [2.45, 2.75) is 12.8 Å². The van der Waals surface area contributed by atoms with Gasteiger partial charge < -0.3 is 0 Å². The number of halogens is 2. The van der Waals surface area contributed by atoms with Crippen LogP contribution < -0.4 is 0 Å². The van der Waals surface area contributed by atoms with Crippen molar-refractivity contribution in [2.24, 2.45) is 0 Å². The molecular weight excluding hydrogens is 258 g/mol. The third-order valence-electron chi connectivity index (χ3n) is 1.02. The van der Waals surface area contributed by atoms with Crippen molar-refractivity contribution in [1.29, 1.82) is 0 Å². The van der Waals surface area contributed by atoms with E-state index >= 15 is 0 Å². The first-order valence-corrected chi connectivity index (χ1v) is 8.57. The molecule has 0 fully saturated rings. The van der Waals surface area contributed by atoms with Gasteiger partial charge in [0, 0.05) is 0 Å². The Morgan fingerprint density at radius 2 is 2.00 bits per heavy atom. The molecule has 0 radical (unpaired) electrons. The van der Waals surface area contributed by atoms with Gasteiger partial charge in [0.15, 0.2) is 0 Å². The first kappa shape index (κ1) is 11.0. The zero-order chi connectivity index (χ0) is 7.98. The molecule has 0 saturated carbocycles. The van der Waals surface area contributed by atoms with Gasteiger partial charge in [0.2, 0.25) is 0 Å². The molecule has 0 aromatic carbocycles. The molecular formula is C6H13Cl2NRu. The Hall–Kier alpha value is 1.03. The average Bonchev–Trinajstić information content (AvgIpc) is 1.79. The summed E-state index contributed by atoms with van der Waals surface area (Å²) >= 11 is -1.47. The maximum absolute atomic E-state index is 5.63. The van der Waals surface area contributed by atoms with E-state index < -0.39 is 13.5 Å². The molecule has 0 aromatic heterocycles. The van der Waals surface area contributed by atoms with Crippen LogP contribution in [0.25, 0.3) is 0 Å². The molecule has 0 unspecified atom stereocenters. The van der Waals surface area contributed by atoms with E-state index in [2.05, 4.69) is 23.6 Å². The summed E-state index contributed by atoms with van der Waals surface area (Å²) in [5, 5.41) is 0. The van der Waals surface area contributed by atoms with E-state index in [1.165, 1.54) is 0 Å². The van der Waals surface area contributed by atoms with Gasteiger partial charge in [-0.25, -0.2) is 0 Å². The van der Waals surface area contributed by atoms with Crippen LogP contribution in [0.5, 0.6) is 0 Å². The van der Waals surface area contributed by atoms with E-state index in [0.717, 1.165) is 19.4 Å². The maximum atomic E-state index is 5.63. The van der Waals surface area contributed by atoms with E-state index in [4.69, 9.17) is 19.4 Å². The molecule has 0 N–H and O–H groups in total. The van der Waals surface area contributed by atoms with E-state index in [0.29, 0.717) is 0 Å². The molecule has 0 heterocycles. The Labute approximate surface area is 75.8 Å². The molecule has 4 heteroatoms. The number of unbranched alkanes of at least 4 members (excludes halogenated alkanes) is 1. The SMILES string of the molecule is CN(C)CCC[CH]=[Ru]([Cl])[Cl]. The van der Waals surface area contributed by atoms with E-state index in [1.807, 2.05) is 0 Å². The fourth-order valence-electron chi connectivity index (χ4n) is 0.557. The van der Waals surface area contributed by atoms with Crippen LogP contribution in [0.4, 0.5) is 0 Å². The molecule has 0 aliphatic heterocycles. The summed E-state index contributed by atoms with van der Waals surface area (Å²) in [5.74, 6) is 0. The average molecular weight is 271 g/mol. The van der Waals surface area contributed by atoms with Gasteiger partial charge in [-0.15, -0.1) is 0 Å². The summed E-state index contributed by atoms with van der Waals surface area (Å²) in [5.41, 5.74) is 0. The van der Waals surface area contributed by atoms with Crippen LogP contribution >= 0.6 is 19.4 Å². The number of hydrogen-bond donors (Lipinski definition) is 0. The van der Waals surface area contributed by atoms with Crippen molar-refractivity contribution in [3.05, 3.63) is 0 Å². The third kappa shape index (κ3) is 9.03. The Kier molecular flexibility index (Phi) is 7.42. The van der Waals surface area contributed by atoms with Crippen molar-refractivity contribution in [2.75, 3.05) is 20.6 Å². The van der Waals surface area contributed by atoms with Gasteiger partial charge in [-0.1, -0.05) is 0 Å². The molecule has 0 spiro atoms. The molecule has 0 aliphatic carbocycles. The first-order valence-electron chi connectivity index (χ1n) is 3.09. The second-order valence-corrected chi connectivity index (χ2v) is 8.23. The van der Waals surface area contributed by atoms with Crippen molar-refractivity contribution >= 4 is 24.0 Å². The van der Waals surface area contributed by atoms with Gasteiger partial charge in [0.05, 0.1) is 0 Å². The quantitative estimate of drug-likeness (QED) is 0.559. The van der Waals surface area contributed by atoms with Crippen molar-refractivity contribution in [3.63, 3.8) is 0 Å². The Bertz CT molecular complexity index is 110. The minimum absolute atomic E-state index is 1.06. The van der Waals surface area contributed by atoms with Crippen molar-refractivity contribution < 1.29 is 13.5 Å². The van der Waals surface area contributed by atoms with Crippen LogP contribution in [0, 0.1) is 0 Å². The standard InChI is InChI=1S/C6H13N.2ClH.Ru/c1-4-5-6-7(2)3;;;/h1H,4-6H2,2-3H3;2*1H;/q;;;+2/p-2. The van der Waals surface area contributed by atoms with E-state index in [-0.39, 0.29) is 0 Å². The zero-order valence-electron chi connectivity index (χ0n) is 6.26. The van der Waals surface area contributed by atoms with Gasteiger partial charge in [-0.3, -0.25) is 0 Å². The summed E-state index contributed by atoms with van der Waals surface area (Å²) in [6, 6.07) is 0. The fraction of sp³-hybridized carbons (Fsp3) is 0.833. The van der Waals surface area contributed by atoms with Gasteiger partial charge in [0.1, 0.15) is 0 Å². The Morgan fingerprint density at radius 3 is 2.40 bits per heavy atom. The van der Waals surface area contributed by atoms with Crippen LogP contribution in [0.3, 0.4) is 0 Å². The predicted octanol–water partition coefficient (Wildman–Crippen LogP) is 2.06. The molecule has 0 rings (SSSR count). The normalized spacial score (nSPS) is 11.9. The molecule has 64 valence electrons. The number of nitrogens with zero attached hydrogens (tertiary/aromatic N) is 1. The van der Waals surface area contributed by atoms with Crippen molar-refractivity contribution in [3.8, 4) is 0 Å². The molecule has 0 bridgehead atoms. The summed E-state index contributed by atoms with van der Waals surface area (Å²) < 4.78 is 2.05. The monoisotopic (exact) mass is 271 g/mol. The summed E-state index contributed by atoms with van der Waals surface area (Å²) in [6.07, 6.45) is 2.22. The summed E-state index contributed by atoms with van der Waals surface area (Å²) in [6.45, 7) is 1.12. The zero-order valence-corrected chi connectivity index (χ0v) is 9.51. The number of hydrogen-bond acceptors (Lipinski definition) is 1. The van der Waals surface area contributed by atoms with Gasteiger partial charge in [-0.05, 0) is 0 Å². The van der Waals surface area contributed by atoms with Crippen LogP contribution in [0.15, 0.2) is 0 Å². The van der Waals surface area contributed by atoms with Crippen LogP contribution in [0.1, 0.15) is 12.8 Å². The molecule has 0 atom stereocenters. The summed E-state index contributed by atoms with van der Waals surface area (Å²) in [7, 11) is 15.4. The Morgan fingerprint density at radius 1 is 1.40 bits per heavy atom. The third-order valence-corrected chi connectivity index (χ3v) is 3.35. The second-order valence-electron chi connectivity index (χ2n) is 2.29. The summed E-state index contributed by atoms with van der Waals surface area (Å²) in [4.78, 5) is 2.16. The predicted molar refractivity (Wildman–Crippen MR) is 45.6 cm³/mol. The molecule has 0 aliphatic rings.